The van der Waals surface area contributed by atoms with Gasteiger partial charge in [0.15, 0.2) is 0 Å². The van der Waals surface area contributed by atoms with Gasteiger partial charge in [-0.25, -0.2) is 0 Å². The van der Waals surface area contributed by atoms with Gasteiger partial charge in [0.25, 0.3) is 0 Å². The number of hydrogen-bond acceptors (Lipinski definition) is 3. The van der Waals surface area contributed by atoms with Gasteiger partial charge < -0.3 is 5.32 Å². The van der Waals surface area contributed by atoms with Gasteiger partial charge >= 0.3 is 0 Å². The van der Waals surface area contributed by atoms with Crippen LogP contribution in [-0.4, -0.2) is 41.4 Å². The molecule has 19 heavy (non-hydrogen) atoms. The van der Waals surface area contributed by atoms with E-state index < -0.39 is 0 Å². The van der Waals surface area contributed by atoms with Crippen molar-refractivity contribution in [2.24, 2.45) is 0 Å². The molecule has 0 radical (unpaired) electrons. The molecule has 0 bridgehead atoms. The van der Waals surface area contributed by atoms with Gasteiger partial charge in [-0.2, -0.15) is 11.8 Å². The van der Waals surface area contributed by atoms with E-state index >= 15 is 0 Å². The molecule has 1 saturated heterocycles. The molecule has 3 rings (SSSR count). The second kappa shape index (κ2) is 5.97. The fourth-order valence-electron chi connectivity index (χ4n) is 2.49. The Hall–Kier alpha value is -1.00. The molecular weight excluding hydrogens is 256 g/mol. The molecule has 0 spiro atoms. The predicted molar refractivity (Wildman–Crippen MR) is 79.2 cm³/mol. The van der Waals surface area contributed by atoms with Crippen LogP contribution in [0.2, 0.25) is 0 Å². The quantitative estimate of drug-likeness (QED) is 0.913. The summed E-state index contributed by atoms with van der Waals surface area (Å²) in [5.41, 5.74) is 1.33. The van der Waals surface area contributed by atoms with Crippen molar-refractivity contribution >= 4 is 17.7 Å². The second-order valence-corrected chi connectivity index (χ2v) is 6.46. The largest absolute Gasteiger partial charge is 0.352 e. The van der Waals surface area contributed by atoms with E-state index in [2.05, 4.69) is 34.5 Å². The third-order valence-electron chi connectivity index (χ3n) is 3.71. The van der Waals surface area contributed by atoms with Gasteiger partial charge in [-0.05, 0) is 18.4 Å². The van der Waals surface area contributed by atoms with Crippen LogP contribution in [-0.2, 0) is 4.79 Å². The van der Waals surface area contributed by atoms with E-state index in [9.17, 15) is 4.79 Å². The fraction of sp³-hybridized carbons (Fsp3) is 0.533. The SMILES string of the molecule is O=C(CN1CCSCC1c1ccccc1)NC1CC1. The number of amides is 1. The minimum atomic E-state index is 0.190. The summed E-state index contributed by atoms with van der Waals surface area (Å²) in [5, 5.41) is 3.09. The summed E-state index contributed by atoms with van der Waals surface area (Å²) in [4.78, 5) is 14.3. The standard InChI is InChI=1S/C15H20N2OS/c18-15(16-13-6-7-13)10-17-8-9-19-11-14(17)12-4-2-1-3-5-12/h1-5,13-14H,6-11H2,(H,16,18). The van der Waals surface area contributed by atoms with Crippen molar-refractivity contribution in [1.82, 2.24) is 10.2 Å². The van der Waals surface area contributed by atoms with Crippen LogP contribution in [0.25, 0.3) is 0 Å². The molecule has 2 fully saturated rings. The third-order valence-corrected chi connectivity index (χ3v) is 4.74. The van der Waals surface area contributed by atoms with Gasteiger partial charge in [0.2, 0.25) is 5.91 Å². The average molecular weight is 276 g/mol. The van der Waals surface area contributed by atoms with Gasteiger partial charge in [-0.1, -0.05) is 30.3 Å². The van der Waals surface area contributed by atoms with E-state index in [1.807, 2.05) is 17.8 Å². The number of carbonyl (C=O) groups is 1. The average Bonchev–Trinajstić information content (AvgIpc) is 3.24. The second-order valence-electron chi connectivity index (χ2n) is 5.31. The van der Waals surface area contributed by atoms with E-state index in [-0.39, 0.29) is 5.91 Å². The van der Waals surface area contributed by atoms with Crippen LogP contribution in [0.1, 0.15) is 24.4 Å². The Labute approximate surface area is 118 Å². The summed E-state index contributed by atoms with van der Waals surface area (Å²) in [6.07, 6.45) is 2.31. The van der Waals surface area contributed by atoms with Crippen molar-refractivity contribution in [2.75, 3.05) is 24.6 Å². The Morgan fingerprint density at radius 1 is 1.32 bits per heavy atom. The Bertz CT molecular complexity index is 433. The first-order valence-corrected chi connectivity index (χ1v) is 8.14. The maximum absolute atomic E-state index is 12.0. The molecule has 1 atom stereocenters. The van der Waals surface area contributed by atoms with E-state index in [1.54, 1.807) is 0 Å². The lowest BCUT2D eigenvalue weighted by Crippen LogP contribution is -2.43. The maximum atomic E-state index is 12.0. The molecule has 1 amide bonds. The summed E-state index contributed by atoms with van der Waals surface area (Å²) in [6.45, 7) is 1.54. The molecule has 1 aromatic carbocycles. The van der Waals surface area contributed by atoms with Crippen LogP contribution < -0.4 is 5.32 Å². The minimum absolute atomic E-state index is 0.190. The summed E-state index contributed by atoms with van der Waals surface area (Å²) in [7, 11) is 0. The molecule has 102 valence electrons. The van der Waals surface area contributed by atoms with Crippen molar-refractivity contribution in [3.8, 4) is 0 Å². The number of nitrogens with one attached hydrogen (secondary N) is 1. The van der Waals surface area contributed by atoms with Crippen molar-refractivity contribution in [3.63, 3.8) is 0 Å². The smallest absolute Gasteiger partial charge is 0.234 e. The first kappa shape index (κ1) is 13.0. The van der Waals surface area contributed by atoms with Crippen LogP contribution in [0.4, 0.5) is 0 Å². The van der Waals surface area contributed by atoms with Gasteiger partial charge in [0.1, 0.15) is 0 Å². The van der Waals surface area contributed by atoms with Crippen molar-refractivity contribution < 1.29 is 4.79 Å². The zero-order valence-corrected chi connectivity index (χ0v) is 11.9. The van der Waals surface area contributed by atoms with Gasteiger partial charge in [-0.3, -0.25) is 9.69 Å². The minimum Gasteiger partial charge on any atom is -0.352 e. The van der Waals surface area contributed by atoms with E-state index in [1.165, 1.54) is 5.56 Å². The van der Waals surface area contributed by atoms with Crippen molar-refractivity contribution in [1.29, 1.82) is 0 Å². The fourth-order valence-corrected chi connectivity index (χ4v) is 3.65. The Morgan fingerprint density at radius 3 is 2.84 bits per heavy atom. The highest BCUT2D eigenvalue weighted by atomic mass is 32.2. The highest BCUT2D eigenvalue weighted by Crippen LogP contribution is 2.29. The zero-order chi connectivity index (χ0) is 13.1. The molecule has 1 aromatic rings. The highest BCUT2D eigenvalue weighted by molar-refractivity contribution is 7.99. The Kier molecular flexibility index (Phi) is 4.09. The van der Waals surface area contributed by atoms with Crippen LogP contribution in [0.15, 0.2) is 30.3 Å². The first-order chi connectivity index (χ1) is 9.33. The van der Waals surface area contributed by atoms with Gasteiger partial charge in [-0.15, -0.1) is 0 Å². The zero-order valence-electron chi connectivity index (χ0n) is 11.0. The summed E-state index contributed by atoms with van der Waals surface area (Å²) in [5.74, 6) is 2.40. The molecule has 1 N–H and O–H groups in total. The van der Waals surface area contributed by atoms with Crippen LogP contribution in [0.3, 0.4) is 0 Å². The summed E-state index contributed by atoms with van der Waals surface area (Å²) in [6, 6.07) is 11.4. The Balaban J connectivity index is 1.64. The monoisotopic (exact) mass is 276 g/mol. The topological polar surface area (TPSA) is 32.3 Å². The molecule has 0 aromatic heterocycles. The normalized spacial score (nSPS) is 24.1. The molecule has 1 aliphatic carbocycles. The molecule has 1 unspecified atom stereocenters. The number of thioether (sulfide) groups is 1. The number of hydrogen-bond donors (Lipinski definition) is 1. The Morgan fingerprint density at radius 2 is 2.11 bits per heavy atom. The molecule has 4 heteroatoms. The predicted octanol–water partition coefficient (Wildman–Crippen LogP) is 2.06. The van der Waals surface area contributed by atoms with Gasteiger partial charge in [0, 0.05) is 30.1 Å². The highest BCUT2D eigenvalue weighted by Gasteiger charge is 2.28. The molecule has 2 aliphatic rings. The van der Waals surface area contributed by atoms with Crippen LogP contribution >= 0.6 is 11.8 Å². The maximum Gasteiger partial charge on any atom is 0.234 e. The molecule has 1 aliphatic heterocycles. The molecule has 1 heterocycles. The lowest BCUT2D eigenvalue weighted by molar-refractivity contribution is -0.122. The number of carbonyl (C=O) groups excluding carboxylic acids is 1. The van der Waals surface area contributed by atoms with E-state index in [4.69, 9.17) is 0 Å². The van der Waals surface area contributed by atoms with Crippen molar-refractivity contribution in [3.05, 3.63) is 35.9 Å². The van der Waals surface area contributed by atoms with Gasteiger partial charge in [0.05, 0.1) is 6.54 Å². The van der Waals surface area contributed by atoms with E-state index in [0.29, 0.717) is 18.6 Å². The molecular formula is C15H20N2OS. The molecule has 1 saturated carbocycles. The van der Waals surface area contributed by atoms with Crippen molar-refractivity contribution in [2.45, 2.75) is 24.9 Å². The summed E-state index contributed by atoms with van der Waals surface area (Å²) >= 11 is 1.98. The van der Waals surface area contributed by atoms with Crippen LogP contribution in [0.5, 0.6) is 0 Å². The molecule has 3 nitrogen and oxygen atoms in total. The summed E-state index contributed by atoms with van der Waals surface area (Å²) < 4.78 is 0. The van der Waals surface area contributed by atoms with Crippen LogP contribution in [0, 0.1) is 0 Å². The number of rotatable bonds is 4. The number of nitrogens with zero attached hydrogens (tertiary/aromatic N) is 1. The number of benzene rings is 1. The lowest BCUT2D eigenvalue weighted by atomic mass is 10.1. The third kappa shape index (κ3) is 3.51. The first-order valence-electron chi connectivity index (χ1n) is 6.99. The van der Waals surface area contributed by atoms with E-state index in [0.717, 1.165) is 30.9 Å². The lowest BCUT2D eigenvalue weighted by Gasteiger charge is -2.35.